The minimum absolute atomic E-state index is 0.304. The lowest BCUT2D eigenvalue weighted by Crippen LogP contribution is -1.98. The predicted octanol–water partition coefficient (Wildman–Crippen LogP) is 1.70. The van der Waals surface area contributed by atoms with Crippen LogP contribution in [0.2, 0.25) is 0 Å². The lowest BCUT2D eigenvalue weighted by Gasteiger charge is -2.02. The van der Waals surface area contributed by atoms with Gasteiger partial charge in [0.2, 0.25) is 0 Å². The summed E-state index contributed by atoms with van der Waals surface area (Å²) >= 11 is 5.44. The van der Waals surface area contributed by atoms with Crippen LogP contribution in [0.25, 0.3) is 0 Å². The van der Waals surface area contributed by atoms with Crippen molar-refractivity contribution < 1.29 is 8.42 Å². The number of benzene rings is 1. The molecular weight excluding hydrogens is 210 g/mol. The maximum absolute atomic E-state index is 11.1. The van der Waals surface area contributed by atoms with E-state index in [0.717, 1.165) is 5.69 Å². The molecule has 3 nitrogen and oxygen atoms in total. The van der Waals surface area contributed by atoms with Crippen molar-refractivity contribution in [1.29, 1.82) is 0 Å². The third-order valence-electron chi connectivity index (χ3n) is 1.55. The molecule has 0 amide bonds. The molecule has 1 N–H and O–H groups in total. The first kappa shape index (κ1) is 10.3. The van der Waals surface area contributed by atoms with Gasteiger partial charge in [0.25, 0.3) is 0 Å². The van der Waals surface area contributed by atoms with Gasteiger partial charge in [-0.3, -0.25) is 0 Å². The maximum atomic E-state index is 11.1. The van der Waals surface area contributed by atoms with Gasteiger partial charge in [0.05, 0.1) is 10.9 Å². The van der Waals surface area contributed by atoms with E-state index in [9.17, 15) is 8.42 Å². The van der Waals surface area contributed by atoms with E-state index in [4.69, 9.17) is 11.6 Å². The lowest BCUT2D eigenvalue weighted by molar-refractivity contribution is 0.602. The minimum Gasteiger partial charge on any atom is -0.372 e. The second kappa shape index (κ2) is 3.98. The van der Waals surface area contributed by atoms with E-state index in [1.54, 1.807) is 24.3 Å². The van der Waals surface area contributed by atoms with Crippen molar-refractivity contribution in [3.05, 3.63) is 24.3 Å². The van der Waals surface area contributed by atoms with Crippen LogP contribution in [0.3, 0.4) is 0 Å². The van der Waals surface area contributed by atoms with Crippen molar-refractivity contribution in [1.82, 2.24) is 0 Å². The molecule has 5 heteroatoms. The van der Waals surface area contributed by atoms with Crippen LogP contribution in [0.15, 0.2) is 29.2 Å². The van der Waals surface area contributed by atoms with Gasteiger partial charge in [0, 0.05) is 11.9 Å². The molecule has 0 saturated carbocycles. The zero-order chi connectivity index (χ0) is 9.90. The molecule has 13 heavy (non-hydrogen) atoms. The molecule has 0 aliphatic rings. The van der Waals surface area contributed by atoms with E-state index in [-0.39, 0.29) is 0 Å². The van der Waals surface area contributed by atoms with Gasteiger partial charge in [-0.1, -0.05) is 0 Å². The summed E-state index contributed by atoms with van der Waals surface area (Å²) in [6.07, 6.45) is 1.18. The first-order valence-electron chi connectivity index (χ1n) is 3.64. The summed E-state index contributed by atoms with van der Waals surface area (Å²) in [6, 6.07) is 6.75. The topological polar surface area (TPSA) is 46.2 Å². The average Bonchev–Trinajstić information content (AvgIpc) is 2.04. The summed E-state index contributed by atoms with van der Waals surface area (Å²) < 4.78 is 22.1. The average molecular weight is 220 g/mol. The van der Waals surface area contributed by atoms with Crippen molar-refractivity contribution in [2.75, 3.05) is 17.6 Å². The standard InChI is InChI=1S/C8H10ClNO2S/c1-13(11,12)8-4-2-7(3-5-8)10-6-9/h2-5,10H,6H2,1H3. The summed E-state index contributed by atoms with van der Waals surface area (Å²) in [4.78, 5) is 0.313. The molecule has 0 fully saturated rings. The van der Waals surface area contributed by atoms with E-state index in [1.807, 2.05) is 0 Å². The van der Waals surface area contributed by atoms with E-state index < -0.39 is 9.84 Å². The Hall–Kier alpha value is -0.740. The smallest absolute Gasteiger partial charge is 0.175 e. The largest absolute Gasteiger partial charge is 0.372 e. The number of sulfone groups is 1. The number of hydrogen-bond donors (Lipinski definition) is 1. The molecule has 0 bridgehead atoms. The highest BCUT2D eigenvalue weighted by molar-refractivity contribution is 7.90. The number of halogens is 1. The molecule has 0 saturated heterocycles. The minimum atomic E-state index is -3.10. The summed E-state index contributed by atoms with van der Waals surface area (Å²) in [7, 11) is -3.10. The molecule has 0 radical (unpaired) electrons. The van der Waals surface area contributed by atoms with Gasteiger partial charge in [0.15, 0.2) is 9.84 Å². The van der Waals surface area contributed by atoms with Gasteiger partial charge < -0.3 is 5.32 Å². The fourth-order valence-corrected chi connectivity index (χ4v) is 1.68. The highest BCUT2D eigenvalue weighted by atomic mass is 35.5. The first-order chi connectivity index (χ1) is 6.04. The summed E-state index contributed by atoms with van der Waals surface area (Å²) in [5.74, 6) is 0. The first-order valence-corrected chi connectivity index (χ1v) is 6.06. The Labute approximate surface area is 82.6 Å². The predicted molar refractivity (Wildman–Crippen MR) is 53.9 cm³/mol. The van der Waals surface area contributed by atoms with E-state index in [2.05, 4.69) is 5.32 Å². The van der Waals surface area contributed by atoms with Gasteiger partial charge in [0.1, 0.15) is 0 Å². The Morgan fingerprint density at radius 3 is 2.23 bits per heavy atom. The molecular formula is C8H10ClNO2S. The maximum Gasteiger partial charge on any atom is 0.175 e. The highest BCUT2D eigenvalue weighted by Gasteiger charge is 2.05. The van der Waals surface area contributed by atoms with Crippen LogP contribution in [0.4, 0.5) is 5.69 Å². The van der Waals surface area contributed by atoms with Crippen LogP contribution >= 0.6 is 11.6 Å². The van der Waals surface area contributed by atoms with Crippen molar-refractivity contribution in [2.45, 2.75) is 4.90 Å². The Balaban J connectivity index is 2.94. The number of anilines is 1. The zero-order valence-electron chi connectivity index (χ0n) is 7.12. The summed E-state index contributed by atoms with van der Waals surface area (Å²) in [5.41, 5.74) is 0.808. The number of hydrogen-bond acceptors (Lipinski definition) is 3. The number of nitrogens with one attached hydrogen (secondary N) is 1. The Kier molecular flexibility index (Phi) is 3.17. The molecule has 1 aromatic rings. The second-order valence-electron chi connectivity index (χ2n) is 2.61. The Bertz CT molecular complexity index is 372. The lowest BCUT2D eigenvalue weighted by atomic mass is 10.3. The monoisotopic (exact) mass is 219 g/mol. The molecule has 1 aromatic carbocycles. The third kappa shape index (κ3) is 2.90. The fourth-order valence-electron chi connectivity index (χ4n) is 0.897. The quantitative estimate of drug-likeness (QED) is 0.622. The van der Waals surface area contributed by atoms with Gasteiger partial charge >= 0.3 is 0 Å². The second-order valence-corrected chi connectivity index (χ2v) is 4.89. The van der Waals surface area contributed by atoms with Gasteiger partial charge in [-0.15, -0.1) is 11.6 Å². The van der Waals surface area contributed by atoms with Crippen LogP contribution in [-0.4, -0.2) is 20.7 Å². The molecule has 0 spiro atoms. The molecule has 0 aromatic heterocycles. The molecule has 72 valence electrons. The molecule has 0 atom stereocenters. The summed E-state index contributed by atoms with van der Waals surface area (Å²) in [5, 5.41) is 2.86. The molecule has 0 heterocycles. The van der Waals surface area contributed by atoms with Crippen molar-refractivity contribution in [3.8, 4) is 0 Å². The molecule has 0 aliphatic carbocycles. The van der Waals surface area contributed by atoms with Crippen molar-refractivity contribution >= 4 is 27.1 Å². The van der Waals surface area contributed by atoms with Crippen LogP contribution in [0, 0.1) is 0 Å². The van der Waals surface area contributed by atoms with E-state index in [1.165, 1.54) is 6.26 Å². The fraction of sp³-hybridized carbons (Fsp3) is 0.250. The molecule has 0 unspecified atom stereocenters. The van der Waals surface area contributed by atoms with Crippen molar-refractivity contribution in [3.63, 3.8) is 0 Å². The van der Waals surface area contributed by atoms with Crippen LogP contribution in [0.5, 0.6) is 0 Å². The van der Waals surface area contributed by atoms with Crippen LogP contribution < -0.4 is 5.32 Å². The Morgan fingerprint density at radius 2 is 1.85 bits per heavy atom. The van der Waals surface area contributed by atoms with E-state index >= 15 is 0 Å². The third-order valence-corrected chi connectivity index (χ3v) is 2.82. The normalized spacial score (nSPS) is 11.2. The number of rotatable bonds is 3. The van der Waals surface area contributed by atoms with Crippen LogP contribution in [-0.2, 0) is 9.84 Å². The van der Waals surface area contributed by atoms with E-state index in [0.29, 0.717) is 10.9 Å². The van der Waals surface area contributed by atoms with Gasteiger partial charge in [-0.2, -0.15) is 0 Å². The Morgan fingerprint density at radius 1 is 1.31 bits per heavy atom. The van der Waals surface area contributed by atoms with Gasteiger partial charge in [-0.25, -0.2) is 8.42 Å². The molecule has 0 aliphatic heterocycles. The summed E-state index contributed by atoms with van der Waals surface area (Å²) in [6.45, 7) is 0. The highest BCUT2D eigenvalue weighted by Crippen LogP contribution is 2.13. The van der Waals surface area contributed by atoms with Crippen LogP contribution in [0.1, 0.15) is 0 Å². The zero-order valence-corrected chi connectivity index (χ0v) is 8.69. The molecule has 1 rings (SSSR count). The SMILES string of the molecule is CS(=O)(=O)c1ccc(NCCl)cc1. The van der Waals surface area contributed by atoms with Gasteiger partial charge in [-0.05, 0) is 24.3 Å². The number of alkyl halides is 1. The van der Waals surface area contributed by atoms with Crippen molar-refractivity contribution in [2.24, 2.45) is 0 Å².